The zero-order valence-electron chi connectivity index (χ0n) is 15.3. The van der Waals surface area contributed by atoms with E-state index in [2.05, 4.69) is 27.6 Å². The SMILES string of the molecule is CCCCNC(=O)c1cccc(Nc2nn3c(=O)c4ccccc4nc3s2)c1. The number of aromatic nitrogens is 3. The van der Waals surface area contributed by atoms with E-state index in [4.69, 9.17) is 0 Å². The number of nitrogens with zero attached hydrogens (tertiary/aromatic N) is 3. The molecular formula is C20H19N5O2S. The molecule has 0 spiro atoms. The van der Waals surface area contributed by atoms with Gasteiger partial charge in [0.05, 0.1) is 10.9 Å². The number of nitrogens with one attached hydrogen (secondary N) is 2. The maximum absolute atomic E-state index is 12.6. The number of amides is 1. The van der Waals surface area contributed by atoms with Gasteiger partial charge in [-0.05, 0) is 36.8 Å². The van der Waals surface area contributed by atoms with Gasteiger partial charge in [0, 0.05) is 17.8 Å². The fourth-order valence-electron chi connectivity index (χ4n) is 2.85. The van der Waals surface area contributed by atoms with Gasteiger partial charge < -0.3 is 10.6 Å². The molecule has 4 aromatic rings. The first-order valence-electron chi connectivity index (χ1n) is 9.09. The van der Waals surface area contributed by atoms with E-state index in [-0.39, 0.29) is 11.5 Å². The van der Waals surface area contributed by atoms with Crippen LogP contribution < -0.4 is 16.2 Å². The van der Waals surface area contributed by atoms with Crippen LogP contribution >= 0.6 is 11.3 Å². The molecule has 0 aliphatic carbocycles. The molecular weight excluding hydrogens is 374 g/mol. The van der Waals surface area contributed by atoms with Gasteiger partial charge >= 0.3 is 0 Å². The number of carbonyl (C=O) groups excluding carboxylic acids is 1. The van der Waals surface area contributed by atoms with Crippen molar-refractivity contribution in [3.05, 3.63) is 64.4 Å². The molecule has 0 fully saturated rings. The molecule has 1 amide bonds. The molecule has 8 heteroatoms. The molecule has 4 rings (SSSR count). The molecule has 0 atom stereocenters. The summed E-state index contributed by atoms with van der Waals surface area (Å²) in [6, 6.07) is 14.4. The van der Waals surface area contributed by atoms with Crippen molar-refractivity contribution in [1.29, 1.82) is 0 Å². The fraction of sp³-hybridized carbons (Fsp3) is 0.200. The monoisotopic (exact) mass is 393 g/mol. The van der Waals surface area contributed by atoms with Crippen molar-refractivity contribution in [3.63, 3.8) is 0 Å². The minimum Gasteiger partial charge on any atom is -0.352 e. The summed E-state index contributed by atoms with van der Waals surface area (Å²) >= 11 is 1.28. The summed E-state index contributed by atoms with van der Waals surface area (Å²) in [5.74, 6) is -0.106. The van der Waals surface area contributed by atoms with Gasteiger partial charge in [-0.2, -0.15) is 4.52 Å². The van der Waals surface area contributed by atoms with Crippen LogP contribution in [0.4, 0.5) is 10.8 Å². The van der Waals surface area contributed by atoms with Crippen LogP contribution in [-0.4, -0.2) is 27.0 Å². The maximum Gasteiger partial charge on any atom is 0.283 e. The number of hydrogen-bond donors (Lipinski definition) is 2. The lowest BCUT2D eigenvalue weighted by atomic mass is 10.2. The summed E-state index contributed by atoms with van der Waals surface area (Å²) in [5, 5.41) is 11.5. The third-order valence-corrected chi connectivity index (χ3v) is 5.12. The summed E-state index contributed by atoms with van der Waals surface area (Å²) in [4.78, 5) is 29.9. The Labute approximate surface area is 165 Å². The Balaban J connectivity index is 1.61. The first-order valence-corrected chi connectivity index (χ1v) is 9.91. The molecule has 2 aromatic heterocycles. The van der Waals surface area contributed by atoms with Gasteiger partial charge in [-0.1, -0.05) is 42.9 Å². The highest BCUT2D eigenvalue weighted by molar-refractivity contribution is 7.20. The summed E-state index contributed by atoms with van der Waals surface area (Å²) in [6.45, 7) is 2.74. The summed E-state index contributed by atoms with van der Waals surface area (Å²) in [7, 11) is 0. The van der Waals surface area contributed by atoms with Crippen LogP contribution in [0.1, 0.15) is 30.1 Å². The Hall–Kier alpha value is -3.26. The fourth-order valence-corrected chi connectivity index (χ4v) is 3.67. The quantitative estimate of drug-likeness (QED) is 0.489. The molecule has 0 bridgehead atoms. The van der Waals surface area contributed by atoms with Gasteiger partial charge in [-0.15, -0.1) is 5.10 Å². The number of carbonyl (C=O) groups is 1. The van der Waals surface area contributed by atoms with Crippen LogP contribution in [0.25, 0.3) is 15.9 Å². The van der Waals surface area contributed by atoms with E-state index in [0.717, 1.165) is 18.5 Å². The predicted molar refractivity (Wildman–Crippen MR) is 112 cm³/mol. The Morgan fingerprint density at radius 2 is 2.04 bits per heavy atom. The van der Waals surface area contributed by atoms with Gasteiger partial charge in [-0.25, -0.2) is 4.98 Å². The second-order valence-corrected chi connectivity index (χ2v) is 7.31. The Bertz CT molecular complexity index is 1210. The normalized spacial score (nSPS) is 11.0. The molecule has 0 radical (unpaired) electrons. The molecule has 0 saturated carbocycles. The Morgan fingerprint density at radius 3 is 2.89 bits per heavy atom. The van der Waals surface area contributed by atoms with Crippen molar-refractivity contribution in [2.24, 2.45) is 0 Å². The molecule has 0 unspecified atom stereocenters. The van der Waals surface area contributed by atoms with Crippen LogP contribution in [0.3, 0.4) is 0 Å². The lowest BCUT2D eigenvalue weighted by molar-refractivity contribution is 0.0953. The minimum atomic E-state index is -0.200. The van der Waals surface area contributed by atoms with E-state index in [1.54, 1.807) is 24.3 Å². The van der Waals surface area contributed by atoms with Gasteiger partial charge in [0.1, 0.15) is 0 Å². The Kier molecular flexibility index (Phi) is 5.03. The van der Waals surface area contributed by atoms with Gasteiger partial charge in [0.2, 0.25) is 10.1 Å². The molecule has 0 saturated heterocycles. The van der Waals surface area contributed by atoms with E-state index in [9.17, 15) is 9.59 Å². The molecule has 0 aliphatic rings. The molecule has 0 aliphatic heterocycles. The second-order valence-electron chi connectivity index (χ2n) is 6.35. The minimum absolute atomic E-state index is 0.106. The number of fused-ring (bicyclic) bond motifs is 2. The summed E-state index contributed by atoms with van der Waals surface area (Å²) in [6.07, 6.45) is 1.98. The summed E-state index contributed by atoms with van der Waals surface area (Å²) in [5.41, 5.74) is 1.74. The number of unbranched alkanes of at least 4 members (excludes halogenated alkanes) is 1. The second kappa shape index (κ2) is 7.77. The molecule has 2 aromatic carbocycles. The lowest BCUT2D eigenvalue weighted by Crippen LogP contribution is -2.24. The lowest BCUT2D eigenvalue weighted by Gasteiger charge is -2.07. The predicted octanol–water partition coefficient (Wildman–Crippen LogP) is 3.58. The van der Waals surface area contributed by atoms with Gasteiger partial charge in [0.25, 0.3) is 11.5 Å². The van der Waals surface area contributed by atoms with Gasteiger partial charge in [0.15, 0.2) is 0 Å². The van der Waals surface area contributed by atoms with Crippen LogP contribution in [-0.2, 0) is 0 Å². The van der Waals surface area contributed by atoms with Crippen molar-refractivity contribution in [3.8, 4) is 0 Å². The van der Waals surface area contributed by atoms with Crippen molar-refractivity contribution in [2.75, 3.05) is 11.9 Å². The first kappa shape index (κ1) is 18.1. The average molecular weight is 393 g/mol. The molecule has 2 heterocycles. The zero-order valence-corrected chi connectivity index (χ0v) is 16.1. The largest absolute Gasteiger partial charge is 0.352 e. The van der Waals surface area contributed by atoms with E-state index in [1.165, 1.54) is 15.9 Å². The van der Waals surface area contributed by atoms with Crippen LogP contribution in [0.5, 0.6) is 0 Å². The number of hydrogen-bond acceptors (Lipinski definition) is 6. The highest BCUT2D eigenvalue weighted by Crippen LogP contribution is 2.23. The van der Waals surface area contributed by atoms with Crippen molar-refractivity contribution in [1.82, 2.24) is 19.9 Å². The van der Waals surface area contributed by atoms with E-state index in [1.807, 2.05) is 24.3 Å². The van der Waals surface area contributed by atoms with Gasteiger partial charge in [-0.3, -0.25) is 9.59 Å². The first-order chi connectivity index (χ1) is 13.7. The van der Waals surface area contributed by atoms with Crippen LogP contribution in [0, 0.1) is 0 Å². The third kappa shape index (κ3) is 3.59. The van der Waals surface area contributed by atoms with Crippen molar-refractivity contribution in [2.45, 2.75) is 19.8 Å². The smallest absolute Gasteiger partial charge is 0.283 e. The van der Waals surface area contributed by atoms with Crippen LogP contribution in [0.2, 0.25) is 0 Å². The standard InChI is InChI=1S/C20H19N5O2S/c1-2-3-11-21-17(26)13-7-6-8-14(12-13)22-19-24-25-18(27)15-9-4-5-10-16(15)23-20(25)28-19/h4-10,12H,2-3,11H2,1H3,(H,21,26)(H,22,24). The van der Waals surface area contributed by atoms with Crippen LogP contribution in [0.15, 0.2) is 53.3 Å². The number of anilines is 2. The van der Waals surface area contributed by atoms with E-state index < -0.39 is 0 Å². The molecule has 2 N–H and O–H groups in total. The molecule has 7 nitrogen and oxygen atoms in total. The maximum atomic E-state index is 12.6. The number of para-hydroxylation sites is 1. The topological polar surface area (TPSA) is 88.4 Å². The number of rotatable bonds is 6. The summed E-state index contributed by atoms with van der Waals surface area (Å²) < 4.78 is 1.30. The Morgan fingerprint density at radius 1 is 1.18 bits per heavy atom. The average Bonchev–Trinajstić information content (AvgIpc) is 3.11. The highest BCUT2D eigenvalue weighted by Gasteiger charge is 2.11. The van der Waals surface area contributed by atoms with E-state index >= 15 is 0 Å². The molecule has 142 valence electrons. The van der Waals surface area contributed by atoms with E-state index in [0.29, 0.717) is 33.1 Å². The highest BCUT2D eigenvalue weighted by atomic mass is 32.1. The molecule has 28 heavy (non-hydrogen) atoms. The van der Waals surface area contributed by atoms with Crippen molar-refractivity contribution < 1.29 is 4.79 Å². The third-order valence-electron chi connectivity index (χ3n) is 4.29. The zero-order chi connectivity index (χ0) is 19.5. The number of benzene rings is 2. The van der Waals surface area contributed by atoms with Crippen molar-refractivity contribution >= 4 is 43.9 Å².